The number of nitrogens with two attached hydrogens (primary N) is 1. The van der Waals surface area contributed by atoms with Gasteiger partial charge in [0, 0.05) is 0 Å². The van der Waals surface area contributed by atoms with Crippen molar-refractivity contribution in [2.45, 2.75) is 26.4 Å². The molecule has 0 aliphatic carbocycles. The number of nitrogens with zero attached hydrogens (tertiary/aromatic N) is 1. The number of hydrogen-bond donors (Lipinski definition) is 1. The number of rotatable bonds is 2. The summed E-state index contributed by atoms with van der Waals surface area (Å²) in [5.41, 5.74) is 6.87. The van der Waals surface area contributed by atoms with Gasteiger partial charge in [-0.15, -0.1) is 0 Å². The number of benzene rings is 2. The monoisotopic (exact) mass is 310 g/mol. The summed E-state index contributed by atoms with van der Waals surface area (Å²) in [5.74, 6) is -0.345. The minimum atomic E-state index is -0.511. The van der Waals surface area contributed by atoms with Gasteiger partial charge >= 0.3 is 5.97 Å². The molecule has 0 heterocycles. The molecule has 0 radical (unpaired) electrons. The Balaban J connectivity index is 0.00000127. The summed E-state index contributed by atoms with van der Waals surface area (Å²) in [7, 11) is 1.50. The van der Waals surface area contributed by atoms with Crippen molar-refractivity contribution in [1.82, 2.24) is 0 Å². The van der Waals surface area contributed by atoms with E-state index >= 15 is 0 Å². The van der Waals surface area contributed by atoms with Crippen molar-refractivity contribution in [2.24, 2.45) is 5.73 Å². The van der Waals surface area contributed by atoms with E-state index in [1.54, 1.807) is 18.2 Å². The zero-order chi connectivity index (χ0) is 17.5. The second-order valence-electron chi connectivity index (χ2n) is 5.74. The van der Waals surface area contributed by atoms with Crippen molar-refractivity contribution in [3.63, 3.8) is 0 Å². The van der Waals surface area contributed by atoms with Crippen LogP contribution in [0, 0.1) is 11.3 Å². The van der Waals surface area contributed by atoms with Gasteiger partial charge in [-0.05, 0) is 57.1 Å². The standard InChI is InChI=1S/C18H17NO2.CH5N/c1-18(2,3)21-17(20)14-10-8-13(9-11-14)16-7-5-4-6-15(16)12-19;1-2/h4-11H,1-3H3;2H2,1H3. The van der Waals surface area contributed by atoms with E-state index in [4.69, 9.17) is 10.00 Å². The normalized spacial score (nSPS) is 10.1. The van der Waals surface area contributed by atoms with Crippen LogP contribution in [-0.2, 0) is 4.74 Å². The number of esters is 1. The highest BCUT2D eigenvalue weighted by Crippen LogP contribution is 2.24. The van der Waals surface area contributed by atoms with Crippen LogP contribution in [0.25, 0.3) is 11.1 Å². The van der Waals surface area contributed by atoms with Gasteiger partial charge in [-0.3, -0.25) is 0 Å². The van der Waals surface area contributed by atoms with Gasteiger partial charge < -0.3 is 10.5 Å². The maximum atomic E-state index is 12.0. The number of carbonyl (C=O) groups is 1. The van der Waals surface area contributed by atoms with Crippen LogP contribution in [-0.4, -0.2) is 18.6 Å². The summed E-state index contributed by atoms with van der Waals surface area (Å²) < 4.78 is 5.32. The Bertz CT molecular complexity index is 693. The minimum Gasteiger partial charge on any atom is -0.456 e. The molecule has 2 rings (SSSR count). The quantitative estimate of drug-likeness (QED) is 0.857. The predicted molar refractivity (Wildman–Crippen MR) is 91.9 cm³/mol. The van der Waals surface area contributed by atoms with E-state index in [1.807, 2.05) is 51.1 Å². The highest BCUT2D eigenvalue weighted by molar-refractivity contribution is 5.90. The molecule has 0 amide bonds. The van der Waals surface area contributed by atoms with Crippen LogP contribution in [0.3, 0.4) is 0 Å². The third kappa shape index (κ3) is 5.24. The molecule has 4 heteroatoms. The van der Waals surface area contributed by atoms with Crippen LogP contribution in [0.5, 0.6) is 0 Å². The summed E-state index contributed by atoms with van der Waals surface area (Å²) >= 11 is 0. The SMILES string of the molecule is CC(C)(C)OC(=O)c1ccc(-c2ccccc2C#N)cc1.CN. The van der Waals surface area contributed by atoms with Gasteiger partial charge in [-0.25, -0.2) is 4.79 Å². The molecule has 0 atom stereocenters. The fraction of sp³-hybridized carbons (Fsp3) is 0.263. The van der Waals surface area contributed by atoms with Crippen LogP contribution >= 0.6 is 0 Å². The van der Waals surface area contributed by atoms with E-state index in [0.29, 0.717) is 11.1 Å². The van der Waals surface area contributed by atoms with Gasteiger partial charge in [0.1, 0.15) is 5.60 Å². The van der Waals surface area contributed by atoms with Gasteiger partial charge in [0.15, 0.2) is 0 Å². The molecular formula is C19H22N2O2. The molecule has 0 bridgehead atoms. The van der Waals surface area contributed by atoms with E-state index in [9.17, 15) is 4.79 Å². The first-order chi connectivity index (χ1) is 10.9. The van der Waals surface area contributed by atoms with Gasteiger partial charge in [0.05, 0.1) is 17.2 Å². The third-order valence-corrected chi connectivity index (χ3v) is 2.88. The van der Waals surface area contributed by atoms with Gasteiger partial charge in [0.25, 0.3) is 0 Å². The van der Waals surface area contributed by atoms with E-state index in [2.05, 4.69) is 11.8 Å². The molecule has 0 saturated heterocycles. The summed E-state index contributed by atoms with van der Waals surface area (Å²) in [4.78, 5) is 12.0. The molecular weight excluding hydrogens is 288 g/mol. The Morgan fingerprint density at radius 1 is 1.04 bits per heavy atom. The Morgan fingerprint density at radius 2 is 1.61 bits per heavy atom. The first kappa shape index (κ1) is 18.4. The topological polar surface area (TPSA) is 76.1 Å². The average molecular weight is 310 g/mol. The van der Waals surface area contributed by atoms with E-state index in [1.165, 1.54) is 7.05 Å². The number of nitriles is 1. The molecule has 23 heavy (non-hydrogen) atoms. The molecule has 0 aromatic heterocycles. The molecule has 0 saturated carbocycles. The Hall–Kier alpha value is -2.64. The number of carbonyl (C=O) groups excluding carboxylic acids is 1. The van der Waals surface area contributed by atoms with Gasteiger partial charge in [0.2, 0.25) is 0 Å². The summed E-state index contributed by atoms with van der Waals surface area (Å²) in [5, 5.41) is 9.13. The lowest BCUT2D eigenvalue weighted by Crippen LogP contribution is -2.23. The number of hydrogen-bond acceptors (Lipinski definition) is 4. The van der Waals surface area contributed by atoms with Gasteiger partial charge in [-0.2, -0.15) is 5.26 Å². The Morgan fingerprint density at radius 3 is 2.13 bits per heavy atom. The predicted octanol–water partition coefficient (Wildman–Crippen LogP) is 3.76. The molecule has 0 aliphatic rings. The Labute approximate surface area is 137 Å². The van der Waals surface area contributed by atoms with Crippen molar-refractivity contribution in [1.29, 1.82) is 5.26 Å². The third-order valence-electron chi connectivity index (χ3n) is 2.88. The smallest absolute Gasteiger partial charge is 0.338 e. The lowest BCUT2D eigenvalue weighted by Gasteiger charge is -2.19. The van der Waals surface area contributed by atoms with Crippen LogP contribution in [0.2, 0.25) is 0 Å². The second kappa shape index (κ2) is 8.11. The maximum absolute atomic E-state index is 12.0. The largest absolute Gasteiger partial charge is 0.456 e. The van der Waals surface area contributed by atoms with Crippen LogP contribution in [0.15, 0.2) is 48.5 Å². The second-order valence-corrected chi connectivity index (χ2v) is 5.74. The van der Waals surface area contributed by atoms with E-state index in [0.717, 1.165) is 11.1 Å². The maximum Gasteiger partial charge on any atom is 0.338 e. The van der Waals surface area contributed by atoms with Crippen molar-refractivity contribution >= 4 is 5.97 Å². The summed E-state index contributed by atoms with van der Waals surface area (Å²) in [6.07, 6.45) is 0. The molecule has 0 spiro atoms. The van der Waals surface area contributed by atoms with Crippen LogP contribution in [0.1, 0.15) is 36.7 Å². The van der Waals surface area contributed by atoms with E-state index < -0.39 is 5.60 Å². The van der Waals surface area contributed by atoms with Crippen molar-refractivity contribution in [3.8, 4) is 17.2 Å². The molecule has 0 unspecified atom stereocenters. The highest BCUT2D eigenvalue weighted by Gasteiger charge is 2.17. The fourth-order valence-electron chi connectivity index (χ4n) is 1.96. The minimum absolute atomic E-state index is 0.345. The van der Waals surface area contributed by atoms with Crippen molar-refractivity contribution < 1.29 is 9.53 Å². The molecule has 2 N–H and O–H groups in total. The Kier molecular flexibility index (Phi) is 6.49. The summed E-state index contributed by atoms with van der Waals surface area (Å²) in [6, 6.07) is 16.7. The zero-order valence-corrected chi connectivity index (χ0v) is 14.0. The fourth-order valence-corrected chi connectivity index (χ4v) is 1.96. The molecule has 2 aromatic rings. The zero-order valence-electron chi connectivity index (χ0n) is 14.0. The molecule has 0 fully saturated rings. The molecule has 0 aliphatic heterocycles. The lowest BCUT2D eigenvalue weighted by molar-refractivity contribution is 0.00696. The highest BCUT2D eigenvalue weighted by atomic mass is 16.6. The first-order valence-electron chi connectivity index (χ1n) is 7.31. The first-order valence-corrected chi connectivity index (χ1v) is 7.31. The molecule has 2 aromatic carbocycles. The van der Waals surface area contributed by atoms with E-state index in [-0.39, 0.29) is 5.97 Å². The number of ether oxygens (including phenoxy) is 1. The lowest BCUT2D eigenvalue weighted by atomic mass is 9.99. The van der Waals surface area contributed by atoms with Crippen molar-refractivity contribution in [2.75, 3.05) is 7.05 Å². The average Bonchev–Trinajstić information content (AvgIpc) is 2.55. The molecule has 4 nitrogen and oxygen atoms in total. The van der Waals surface area contributed by atoms with Crippen LogP contribution < -0.4 is 5.73 Å². The van der Waals surface area contributed by atoms with Crippen molar-refractivity contribution in [3.05, 3.63) is 59.7 Å². The van der Waals surface area contributed by atoms with Crippen LogP contribution in [0.4, 0.5) is 0 Å². The summed E-state index contributed by atoms with van der Waals surface area (Å²) in [6.45, 7) is 5.51. The van der Waals surface area contributed by atoms with Gasteiger partial charge in [-0.1, -0.05) is 30.3 Å². The molecule has 120 valence electrons.